The number of hydrogen-bond donors (Lipinski definition) is 4. The minimum atomic E-state index is -0.0958. The molecule has 0 aromatic heterocycles. The molecule has 0 saturated heterocycles. The maximum atomic E-state index is 9.76. The molecular formula is C16H16N2O4. The number of phenols is 4. The van der Waals surface area contributed by atoms with Crippen LogP contribution in [0, 0.1) is 0 Å². The Bertz CT molecular complexity index is 701. The molecule has 0 spiro atoms. The van der Waals surface area contributed by atoms with Crippen LogP contribution in [0.3, 0.4) is 0 Å². The molecule has 6 nitrogen and oxygen atoms in total. The molecule has 0 heterocycles. The Morgan fingerprint density at radius 1 is 0.682 bits per heavy atom. The zero-order chi connectivity index (χ0) is 16.3. The largest absolute Gasteiger partial charge is 0.508 e. The minimum Gasteiger partial charge on any atom is -0.508 e. The summed E-state index contributed by atoms with van der Waals surface area (Å²) in [5.41, 5.74) is 1.80. The average molecular weight is 300 g/mol. The van der Waals surface area contributed by atoms with Gasteiger partial charge in [-0.25, -0.2) is 0 Å². The van der Waals surface area contributed by atoms with Crippen LogP contribution in [-0.4, -0.2) is 31.8 Å². The number of benzene rings is 2. The summed E-state index contributed by atoms with van der Waals surface area (Å²) in [4.78, 5) is 0. The van der Waals surface area contributed by atoms with Gasteiger partial charge in [-0.1, -0.05) is 0 Å². The molecule has 0 aliphatic heterocycles. The third kappa shape index (κ3) is 3.35. The molecule has 0 amide bonds. The highest BCUT2D eigenvalue weighted by Gasteiger charge is 2.07. The zero-order valence-corrected chi connectivity index (χ0v) is 12.1. The molecule has 2 aromatic carbocycles. The van der Waals surface area contributed by atoms with Crippen molar-refractivity contribution in [2.24, 2.45) is 10.2 Å². The smallest absolute Gasteiger partial charge is 0.128 e. The summed E-state index contributed by atoms with van der Waals surface area (Å²) < 4.78 is 0. The van der Waals surface area contributed by atoms with Crippen molar-refractivity contribution in [3.8, 4) is 23.0 Å². The zero-order valence-electron chi connectivity index (χ0n) is 12.1. The van der Waals surface area contributed by atoms with Gasteiger partial charge in [-0.15, -0.1) is 0 Å². The maximum Gasteiger partial charge on any atom is 0.128 e. The van der Waals surface area contributed by atoms with Crippen LogP contribution in [0.25, 0.3) is 0 Å². The van der Waals surface area contributed by atoms with Crippen molar-refractivity contribution in [2.75, 3.05) is 0 Å². The lowest BCUT2D eigenvalue weighted by molar-refractivity contribution is 0.448. The van der Waals surface area contributed by atoms with Crippen molar-refractivity contribution >= 4 is 11.4 Å². The number of phenolic OH excluding ortho intramolecular Hbond substituents is 4. The van der Waals surface area contributed by atoms with Crippen LogP contribution in [0.1, 0.15) is 25.0 Å². The van der Waals surface area contributed by atoms with Crippen LogP contribution in [0.2, 0.25) is 0 Å². The van der Waals surface area contributed by atoms with Crippen LogP contribution in [0.4, 0.5) is 0 Å². The first-order valence-corrected chi connectivity index (χ1v) is 6.52. The van der Waals surface area contributed by atoms with Crippen molar-refractivity contribution < 1.29 is 20.4 Å². The van der Waals surface area contributed by atoms with E-state index in [-0.39, 0.29) is 23.0 Å². The molecule has 0 aliphatic rings. The first kappa shape index (κ1) is 15.4. The standard InChI is InChI=1S/C16H16N2O4/c1-9(13-5-3-11(19)7-15(13)21)17-18-10(2)14-6-4-12(20)8-16(14)22/h3-8,19-22H,1-2H3/b17-9-,18-10-. The summed E-state index contributed by atoms with van der Waals surface area (Å²) in [7, 11) is 0. The number of rotatable bonds is 3. The highest BCUT2D eigenvalue weighted by molar-refractivity contribution is 6.04. The van der Waals surface area contributed by atoms with Crippen molar-refractivity contribution in [2.45, 2.75) is 13.8 Å². The van der Waals surface area contributed by atoms with Crippen LogP contribution in [-0.2, 0) is 0 Å². The Balaban J connectivity index is 2.32. The summed E-state index contributed by atoms with van der Waals surface area (Å²) in [6.45, 7) is 3.33. The first-order valence-electron chi connectivity index (χ1n) is 6.52. The Kier molecular flexibility index (Phi) is 4.31. The SMILES string of the molecule is C/C(=N/N=C(/C)c1ccc(O)cc1O)c1ccc(O)cc1O. The molecule has 0 saturated carbocycles. The van der Waals surface area contributed by atoms with Gasteiger partial charge < -0.3 is 20.4 Å². The quantitative estimate of drug-likeness (QED) is 0.516. The van der Waals surface area contributed by atoms with Gasteiger partial charge >= 0.3 is 0 Å². The summed E-state index contributed by atoms with van der Waals surface area (Å²) >= 11 is 0. The van der Waals surface area contributed by atoms with Crippen LogP contribution < -0.4 is 0 Å². The fourth-order valence-electron chi connectivity index (χ4n) is 1.91. The van der Waals surface area contributed by atoms with Crippen LogP contribution >= 0.6 is 0 Å². The van der Waals surface area contributed by atoms with Crippen molar-refractivity contribution in [3.63, 3.8) is 0 Å². The minimum absolute atomic E-state index is 0.0391. The fourth-order valence-corrected chi connectivity index (χ4v) is 1.91. The highest BCUT2D eigenvalue weighted by Crippen LogP contribution is 2.24. The monoisotopic (exact) mass is 300 g/mol. The lowest BCUT2D eigenvalue weighted by atomic mass is 10.1. The maximum absolute atomic E-state index is 9.76. The Morgan fingerprint density at radius 3 is 1.36 bits per heavy atom. The summed E-state index contributed by atoms with van der Waals surface area (Å²) in [5, 5.41) is 46.1. The molecule has 22 heavy (non-hydrogen) atoms. The second-order valence-corrected chi connectivity index (χ2v) is 4.77. The number of nitrogens with zero attached hydrogens (tertiary/aromatic N) is 2. The molecule has 0 unspecified atom stereocenters. The van der Waals surface area contributed by atoms with Crippen molar-refractivity contribution in [1.82, 2.24) is 0 Å². The molecule has 0 bridgehead atoms. The topological polar surface area (TPSA) is 106 Å². The van der Waals surface area contributed by atoms with E-state index in [1.165, 1.54) is 36.4 Å². The molecule has 0 atom stereocenters. The molecule has 4 N–H and O–H groups in total. The molecule has 2 rings (SSSR count). The van der Waals surface area contributed by atoms with E-state index in [0.29, 0.717) is 22.6 Å². The molecule has 2 aromatic rings. The van der Waals surface area contributed by atoms with E-state index in [9.17, 15) is 20.4 Å². The lowest BCUT2D eigenvalue weighted by Gasteiger charge is -2.05. The van der Waals surface area contributed by atoms with Gasteiger partial charge in [0.05, 0.1) is 11.4 Å². The second kappa shape index (κ2) is 6.17. The third-order valence-corrected chi connectivity index (χ3v) is 3.09. The third-order valence-electron chi connectivity index (χ3n) is 3.09. The van der Waals surface area contributed by atoms with Crippen molar-refractivity contribution in [3.05, 3.63) is 47.5 Å². The van der Waals surface area contributed by atoms with Gasteiger partial charge in [0.15, 0.2) is 0 Å². The van der Waals surface area contributed by atoms with E-state index >= 15 is 0 Å². The van der Waals surface area contributed by atoms with Gasteiger partial charge in [0.25, 0.3) is 0 Å². The summed E-state index contributed by atoms with van der Waals surface area (Å²) in [6.07, 6.45) is 0. The molecule has 0 radical (unpaired) electrons. The van der Waals surface area contributed by atoms with E-state index in [1.807, 2.05) is 0 Å². The van der Waals surface area contributed by atoms with Gasteiger partial charge in [0.2, 0.25) is 0 Å². The number of hydrogen-bond acceptors (Lipinski definition) is 6. The van der Waals surface area contributed by atoms with E-state index in [1.54, 1.807) is 13.8 Å². The molecule has 114 valence electrons. The fraction of sp³-hybridized carbons (Fsp3) is 0.125. The van der Waals surface area contributed by atoms with Gasteiger partial charge in [0.1, 0.15) is 23.0 Å². The van der Waals surface area contributed by atoms with Gasteiger partial charge in [-0.05, 0) is 38.1 Å². The second-order valence-electron chi connectivity index (χ2n) is 4.77. The predicted molar refractivity (Wildman–Crippen MR) is 84.0 cm³/mol. The van der Waals surface area contributed by atoms with E-state index < -0.39 is 0 Å². The Labute approximate surface area is 127 Å². The van der Waals surface area contributed by atoms with Crippen LogP contribution in [0.15, 0.2) is 46.6 Å². The molecule has 0 fully saturated rings. The van der Waals surface area contributed by atoms with E-state index in [2.05, 4.69) is 10.2 Å². The normalized spacial score (nSPS) is 12.5. The van der Waals surface area contributed by atoms with Crippen LogP contribution in [0.5, 0.6) is 23.0 Å². The predicted octanol–water partition coefficient (Wildman–Crippen LogP) is 2.74. The van der Waals surface area contributed by atoms with Gasteiger partial charge in [0, 0.05) is 23.3 Å². The molecule has 6 heteroatoms. The average Bonchev–Trinajstić information content (AvgIpc) is 2.44. The van der Waals surface area contributed by atoms with E-state index in [4.69, 9.17) is 0 Å². The van der Waals surface area contributed by atoms with Gasteiger partial charge in [-0.3, -0.25) is 0 Å². The highest BCUT2D eigenvalue weighted by atomic mass is 16.3. The molecule has 0 aliphatic carbocycles. The van der Waals surface area contributed by atoms with Gasteiger partial charge in [-0.2, -0.15) is 10.2 Å². The number of aromatic hydroxyl groups is 4. The Hall–Kier alpha value is -3.02. The first-order chi connectivity index (χ1) is 10.4. The van der Waals surface area contributed by atoms with Crippen molar-refractivity contribution in [1.29, 1.82) is 0 Å². The summed E-state index contributed by atoms with van der Waals surface area (Å²) in [5.74, 6) is -0.270. The van der Waals surface area contributed by atoms with E-state index in [0.717, 1.165) is 0 Å². The lowest BCUT2D eigenvalue weighted by Crippen LogP contribution is -1.97. The molecular weight excluding hydrogens is 284 g/mol. The Morgan fingerprint density at radius 2 is 1.05 bits per heavy atom. The summed E-state index contributed by atoms with van der Waals surface area (Å²) in [6, 6.07) is 8.39.